The van der Waals surface area contributed by atoms with Crippen LogP contribution in [-0.4, -0.2) is 29.6 Å². The highest BCUT2D eigenvalue weighted by molar-refractivity contribution is 7.17. The maximum absolute atomic E-state index is 13.5. The second-order valence-corrected chi connectivity index (χ2v) is 10.7. The van der Waals surface area contributed by atoms with Crippen molar-refractivity contribution in [2.75, 3.05) is 11.9 Å². The Balaban J connectivity index is 1.67. The smallest absolute Gasteiger partial charge is 0.341 e. The molecule has 0 spiro atoms. The van der Waals surface area contributed by atoms with E-state index in [1.807, 2.05) is 13.8 Å². The van der Waals surface area contributed by atoms with E-state index in [1.165, 1.54) is 11.3 Å². The van der Waals surface area contributed by atoms with Gasteiger partial charge in [0.15, 0.2) is 0 Å². The quantitative estimate of drug-likeness (QED) is 0.458. The lowest BCUT2D eigenvalue weighted by atomic mass is 9.78. The Bertz CT molecular complexity index is 973. The predicted octanol–water partition coefficient (Wildman–Crippen LogP) is 5.07. The van der Waals surface area contributed by atoms with Gasteiger partial charge < -0.3 is 15.2 Å². The van der Waals surface area contributed by atoms with E-state index in [4.69, 9.17) is 4.74 Å². The number of thiophene rings is 1. The molecule has 6 nitrogen and oxygen atoms in total. The number of hydrogen-bond acceptors (Lipinski definition) is 5. The molecule has 174 valence electrons. The van der Waals surface area contributed by atoms with E-state index in [1.54, 1.807) is 6.92 Å². The largest absolute Gasteiger partial charge is 0.481 e. The zero-order valence-corrected chi connectivity index (χ0v) is 20.1. The molecule has 0 radical (unpaired) electrons. The summed E-state index contributed by atoms with van der Waals surface area (Å²) in [5.74, 6) is -2.40. The number of esters is 1. The summed E-state index contributed by atoms with van der Waals surface area (Å²) in [6, 6.07) is 0. The van der Waals surface area contributed by atoms with Gasteiger partial charge in [0, 0.05) is 4.88 Å². The van der Waals surface area contributed by atoms with Crippen LogP contribution in [0.15, 0.2) is 11.1 Å². The number of carboxylic acid groups (broad SMARTS) is 1. The highest BCUT2D eigenvalue weighted by atomic mass is 32.1. The van der Waals surface area contributed by atoms with Crippen molar-refractivity contribution in [1.82, 2.24) is 0 Å². The molecule has 32 heavy (non-hydrogen) atoms. The Morgan fingerprint density at radius 1 is 1.09 bits per heavy atom. The van der Waals surface area contributed by atoms with Gasteiger partial charge in [-0.3, -0.25) is 9.59 Å². The highest BCUT2D eigenvalue weighted by Gasteiger charge is 2.57. The molecule has 0 aromatic carbocycles. The van der Waals surface area contributed by atoms with Crippen molar-refractivity contribution in [3.8, 4) is 0 Å². The third-order valence-electron chi connectivity index (χ3n) is 7.67. The van der Waals surface area contributed by atoms with Crippen LogP contribution in [0.1, 0.15) is 74.2 Å². The number of carbonyl (C=O) groups excluding carboxylic acids is 2. The van der Waals surface area contributed by atoms with Gasteiger partial charge in [-0.25, -0.2) is 4.79 Å². The summed E-state index contributed by atoms with van der Waals surface area (Å²) in [5, 5.41) is 13.5. The van der Waals surface area contributed by atoms with Crippen molar-refractivity contribution < 1.29 is 24.2 Å². The van der Waals surface area contributed by atoms with E-state index in [2.05, 4.69) is 12.2 Å². The predicted molar refractivity (Wildman–Crippen MR) is 124 cm³/mol. The number of nitrogens with one attached hydrogen (secondary N) is 1. The minimum atomic E-state index is -0.905. The van der Waals surface area contributed by atoms with Crippen LogP contribution in [0.2, 0.25) is 0 Å². The van der Waals surface area contributed by atoms with Crippen molar-refractivity contribution in [2.45, 2.75) is 66.2 Å². The van der Waals surface area contributed by atoms with Crippen LogP contribution < -0.4 is 5.32 Å². The number of anilines is 1. The topological polar surface area (TPSA) is 92.7 Å². The lowest BCUT2D eigenvalue weighted by Gasteiger charge is -2.26. The molecule has 1 aromatic rings. The van der Waals surface area contributed by atoms with Crippen LogP contribution >= 0.6 is 11.3 Å². The van der Waals surface area contributed by atoms with Crippen molar-refractivity contribution in [3.63, 3.8) is 0 Å². The van der Waals surface area contributed by atoms with Crippen molar-refractivity contribution >= 4 is 34.2 Å². The molecular formula is C25H33NO5S. The summed E-state index contributed by atoms with van der Waals surface area (Å²) in [5.41, 5.74) is 3.76. The maximum atomic E-state index is 13.5. The first-order chi connectivity index (χ1) is 15.3. The standard InChI is InChI=1S/C25H33NO5S/c1-5-13-7-8-14-17(11-13)32-23(21(14)25(30)31-6-2)26-22(27)19-15-9-10-16(18(15)12(3)4)20(19)24(28)29/h13,15-16,19-20H,5-11H2,1-4H3,(H,26,27)(H,28,29)/t13-,15-,16-,19-,20+/m1/s1. The number of aliphatic carboxylic acids is 1. The number of hydrogen-bond donors (Lipinski definition) is 2. The average Bonchev–Trinajstić information content (AvgIpc) is 3.42. The van der Waals surface area contributed by atoms with Crippen LogP contribution in [0.25, 0.3) is 0 Å². The highest BCUT2D eigenvalue weighted by Crippen LogP contribution is 2.57. The third-order valence-corrected chi connectivity index (χ3v) is 8.84. The zero-order valence-electron chi connectivity index (χ0n) is 19.3. The fraction of sp³-hybridized carbons (Fsp3) is 0.640. The Kier molecular flexibility index (Phi) is 6.48. The van der Waals surface area contributed by atoms with Crippen molar-refractivity contribution in [2.24, 2.45) is 29.6 Å². The molecule has 3 aliphatic carbocycles. The third kappa shape index (κ3) is 3.78. The van der Waals surface area contributed by atoms with Gasteiger partial charge >= 0.3 is 11.9 Å². The fourth-order valence-electron chi connectivity index (χ4n) is 6.31. The summed E-state index contributed by atoms with van der Waals surface area (Å²) >= 11 is 1.47. The molecule has 7 heteroatoms. The lowest BCUT2D eigenvalue weighted by Crippen LogP contribution is -2.38. The Morgan fingerprint density at radius 3 is 2.38 bits per heavy atom. The molecule has 2 bridgehead atoms. The van der Waals surface area contributed by atoms with Gasteiger partial charge in [-0.2, -0.15) is 0 Å². The second-order valence-electron chi connectivity index (χ2n) is 9.57. The number of rotatable bonds is 6. The lowest BCUT2D eigenvalue weighted by molar-refractivity contribution is -0.148. The molecule has 4 rings (SSSR count). The monoisotopic (exact) mass is 459 g/mol. The van der Waals surface area contributed by atoms with Crippen molar-refractivity contribution in [1.29, 1.82) is 0 Å². The summed E-state index contributed by atoms with van der Waals surface area (Å²) in [4.78, 5) is 39.6. The van der Waals surface area contributed by atoms with E-state index >= 15 is 0 Å². The fourth-order valence-corrected chi connectivity index (χ4v) is 7.66. The number of fused-ring (bicyclic) bond motifs is 3. The van der Waals surface area contributed by atoms with Gasteiger partial charge in [-0.05, 0) is 76.2 Å². The first-order valence-corrected chi connectivity index (χ1v) is 12.6. The Hall–Kier alpha value is -2.15. The first-order valence-electron chi connectivity index (χ1n) is 11.8. The number of allylic oxidation sites excluding steroid dienone is 2. The minimum Gasteiger partial charge on any atom is -0.481 e. The first kappa shape index (κ1) is 23.0. The van der Waals surface area contributed by atoms with E-state index in [-0.39, 0.29) is 24.3 Å². The number of amides is 1. The number of carboxylic acids is 1. The average molecular weight is 460 g/mol. The summed E-state index contributed by atoms with van der Waals surface area (Å²) in [7, 11) is 0. The van der Waals surface area contributed by atoms with Gasteiger partial charge in [0.05, 0.1) is 24.0 Å². The van der Waals surface area contributed by atoms with Crippen LogP contribution in [0.5, 0.6) is 0 Å². The molecule has 2 N–H and O–H groups in total. The van der Waals surface area contributed by atoms with Gasteiger partial charge in [0.25, 0.3) is 0 Å². The Morgan fingerprint density at radius 2 is 1.78 bits per heavy atom. The van der Waals surface area contributed by atoms with Crippen LogP contribution in [0, 0.1) is 29.6 Å². The Labute approximate surface area is 193 Å². The summed E-state index contributed by atoms with van der Waals surface area (Å²) in [6.45, 7) is 8.24. The normalized spacial score (nSPS) is 28.4. The second kappa shape index (κ2) is 9.00. The summed E-state index contributed by atoms with van der Waals surface area (Å²) < 4.78 is 5.33. The van der Waals surface area contributed by atoms with Gasteiger partial charge in [0.1, 0.15) is 5.00 Å². The number of carbonyl (C=O) groups is 3. The molecule has 3 aliphatic rings. The van der Waals surface area contributed by atoms with Gasteiger partial charge in [0.2, 0.25) is 5.91 Å². The zero-order chi connectivity index (χ0) is 23.2. The van der Waals surface area contributed by atoms with Gasteiger partial charge in [-0.1, -0.05) is 24.5 Å². The summed E-state index contributed by atoms with van der Waals surface area (Å²) in [6.07, 6.45) is 5.50. The molecule has 2 saturated carbocycles. The molecule has 0 aliphatic heterocycles. The van der Waals surface area contributed by atoms with Crippen molar-refractivity contribution in [3.05, 3.63) is 27.2 Å². The minimum absolute atomic E-state index is 0.0313. The maximum Gasteiger partial charge on any atom is 0.341 e. The molecule has 0 unspecified atom stereocenters. The molecule has 1 aromatic heterocycles. The van der Waals surface area contributed by atoms with E-state index < -0.39 is 23.8 Å². The van der Waals surface area contributed by atoms with Crippen LogP contribution in [0.4, 0.5) is 5.00 Å². The molecule has 2 fully saturated rings. The molecule has 0 saturated heterocycles. The number of ether oxygens (including phenoxy) is 1. The van der Waals surface area contributed by atoms with Crippen LogP contribution in [-0.2, 0) is 27.2 Å². The molecule has 1 heterocycles. The van der Waals surface area contributed by atoms with E-state index in [9.17, 15) is 19.5 Å². The molecule has 5 atom stereocenters. The van der Waals surface area contributed by atoms with E-state index in [0.29, 0.717) is 16.5 Å². The van der Waals surface area contributed by atoms with Gasteiger partial charge in [-0.15, -0.1) is 11.3 Å². The van der Waals surface area contributed by atoms with E-state index in [0.717, 1.165) is 60.1 Å². The molecular weight excluding hydrogens is 426 g/mol. The molecule has 1 amide bonds. The SMILES string of the molecule is CCOC(=O)c1c(NC(=O)[C@H]2[C@@H](C(=O)O)[C@@H]3CC[C@@H]2C3=C(C)C)sc2c1CC[C@@H](CC)C2. The van der Waals surface area contributed by atoms with Crippen LogP contribution in [0.3, 0.4) is 0 Å².